The molecule has 0 heterocycles. The summed E-state index contributed by atoms with van der Waals surface area (Å²) in [5.74, 6) is -1.27. The maximum Gasteiger partial charge on any atom is 0.129 e. The Morgan fingerprint density at radius 2 is 1.68 bits per heavy atom. The van der Waals surface area contributed by atoms with Crippen LogP contribution in [-0.4, -0.2) is 5.11 Å². The Morgan fingerprint density at radius 3 is 2.32 bits per heavy atom. The number of rotatable bonds is 2. The van der Waals surface area contributed by atoms with E-state index in [9.17, 15) is 13.9 Å². The zero-order chi connectivity index (χ0) is 14.2. The van der Waals surface area contributed by atoms with E-state index in [1.54, 1.807) is 0 Å². The van der Waals surface area contributed by atoms with Gasteiger partial charge in [-0.2, -0.15) is 0 Å². The molecule has 2 rings (SSSR count). The average molecular weight is 303 g/mol. The molecule has 0 saturated heterocycles. The third-order valence-electron chi connectivity index (χ3n) is 2.83. The number of aryl methyl sites for hydroxylation is 1. The third-order valence-corrected chi connectivity index (χ3v) is 3.39. The first-order valence-corrected chi connectivity index (χ1v) is 6.24. The smallest absolute Gasteiger partial charge is 0.129 e. The van der Waals surface area contributed by atoms with Crippen molar-refractivity contribution in [2.75, 3.05) is 0 Å². The van der Waals surface area contributed by atoms with Crippen LogP contribution in [0.5, 0.6) is 0 Å². The summed E-state index contributed by atoms with van der Waals surface area (Å²) in [7, 11) is 0. The molecule has 0 fully saturated rings. The normalized spacial score (nSPS) is 12.5. The quantitative estimate of drug-likeness (QED) is 0.855. The van der Waals surface area contributed by atoms with Crippen molar-refractivity contribution in [1.29, 1.82) is 0 Å². The second-order valence-electron chi connectivity index (χ2n) is 4.19. The van der Waals surface area contributed by atoms with E-state index < -0.39 is 17.7 Å². The summed E-state index contributed by atoms with van der Waals surface area (Å²) in [6.07, 6.45) is -1.35. The first-order chi connectivity index (χ1) is 8.90. The maximum atomic E-state index is 13.8. The molecule has 1 nitrogen and oxygen atoms in total. The second kappa shape index (κ2) is 5.45. The molecule has 0 aliphatic heterocycles. The van der Waals surface area contributed by atoms with E-state index in [1.807, 2.05) is 0 Å². The van der Waals surface area contributed by atoms with Crippen LogP contribution in [0.4, 0.5) is 8.78 Å². The maximum absolute atomic E-state index is 13.8. The first kappa shape index (κ1) is 14.3. The van der Waals surface area contributed by atoms with Gasteiger partial charge in [-0.05, 0) is 36.8 Å². The molecular weight excluding hydrogens is 293 g/mol. The van der Waals surface area contributed by atoms with Crippen LogP contribution < -0.4 is 0 Å². The minimum Gasteiger partial charge on any atom is -0.383 e. The van der Waals surface area contributed by atoms with E-state index in [2.05, 4.69) is 0 Å². The third kappa shape index (κ3) is 2.89. The Bertz CT molecular complexity index is 629. The monoisotopic (exact) mass is 302 g/mol. The van der Waals surface area contributed by atoms with Gasteiger partial charge in [0.05, 0.1) is 0 Å². The lowest BCUT2D eigenvalue weighted by Crippen LogP contribution is -2.05. The Kier molecular flexibility index (Phi) is 4.09. The van der Waals surface area contributed by atoms with Crippen LogP contribution in [0.2, 0.25) is 10.0 Å². The van der Waals surface area contributed by atoms with Crippen molar-refractivity contribution in [3.05, 3.63) is 68.7 Å². The van der Waals surface area contributed by atoms with Crippen LogP contribution in [0.3, 0.4) is 0 Å². The first-order valence-electron chi connectivity index (χ1n) is 5.48. The molecule has 0 aromatic heterocycles. The lowest BCUT2D eigenvalue weighted by molar-refractivity contribution is 0.214. The summed E-state index contributed by atoms with van der Waals surface area (Å²) < 4.78 is 27.2. The molecule has 0 saturated carbocycles. The zero-order valence-corrected chi connectivity index (χ0v) is 11.4. The van der Waals surface area contributed by atoms with E-state index in [0.29, 0.717) is 5.02 Å². The number of benzene rings is 2. The fourth-order valence-electron chi connectivity index (χ4n) is 1.76. The predicted molar refractivity (Wildman–Crippen MR) is 71.6 cm³/mol. The molecule has 0 bridgehead atoms. The minimum atomic E-state index is -1.35. The van der Waals surface area contributed by atoms with Crippen LogP contribution in [0.15, 0.2) is 30.3 Å². The largest absolute Gasteiger partial charge is 0.383 e. The highest BCUT2D eigenvalue weighted by atomic mass is 35.5. The standard InChI is InChI=1S/C14H10Cl2F2O/c1-7-4-13(18)10(6-12(7)17)14(19)9-3-2-8(15)5-11(9)16/h2-6,14,19H,1H3. The minimum absolute atomic E-state index is 0.160. The highest BCUT2D eigenvalue weighted by molar-refractivity contribution is 6.35. The van der Waals surface area contributed by atoms with Gasteiger partial charge in [0.15, 0.2) is 0 Å². The zero-order valence-electron chi connectivity index (χ0n) is 9.92. The molecule has 1 unspecified atom stereocenters. The molecule has 2 aromatic carbocycles. The number of hydrogen-bond donors (Lipinski definition) is 1. The van der Waals surface area contributed by atoms with Gasteiger partial charge in [-0.1, -0.05) is 29.3 Å². The van der Waals surface area contributed by atoms with Gasteiger partial charge in [0.2, 0.25) is 0 Å². The number of halogens is 4. The number of aliphatic hydroxyl groups excluding tert-OH is 1. The molecule has 0 radical (unpaired) electrons. The fourth-order valence-corrected chi connectivity index (χ4v) is 2.27. The summed E-state index contributed by atoms with van der Waals surface area (Å²) in [5.41, 5.74) is 0.288. The summed E-state index contributed by atoms with van der Waals surface area (Å²) in [4.78, 5) is 0. The SMILES string of the molecule is Cc1cc(F)c(C(O)c2ccc(Cl)cc2Cl)cc1F. The second-order valence-corrected chi connectivity index (χ2v) is 5.03. The van der Waals surface area contributed by atoms with Crippen LogP contribution in [-0.2, 0) is 0 Å². The fraction of sp³-hybridized carbons (Fsp3) is 0.143. The molecule has 5 heteroatoms. The summed E-state index contributed by atoms with van der Waals surface area (Å²) in [6, 6.07) is 6.45. The van der Waals surface area contributed by atoms with Crippen LogP contribution >= 0.6 is 23.2 Å². The van der Waals surface area contributed by atoms with Gasteiger partial charge in [-0.25, -0.2) is 8.78 Å². The number of aliphatic hydroxyl groups is 1. The molecule has 19 heavy (non-hydrogen) atoms. The van der Waals surface area contributed by atoms with Crippen molar-refractivity contribution in [2.24, 2.45) is 0 Å². The van der Waals surface area contributed by atoms with Crippen molar-refractivity contribution in [3.8, 4) is 0 Å². The van der Waals surface area contributed by atoms with Crippen molar-refractivity contribution < 1.29 is 13.9 Å². The van der Waals surface area contributed by atoms with Crippen molar-refractivity contribution >= 4 is 23.2 Å². The van der Waals surface area contributed by atoms with Gasteiger partial charge >= 0.3 is 0 Å². The number of hydrogen-bond acceptors (Lipinski definition) is 1. The van der Waals surface area contributed by atoms with Gasteiger partial charge in [0, 0.05) is 21.2 Å². The molecule has 2 aromatic rings. The lowest BCUT2D eigenvalue weighted by atomic mass is 9.99. The van der Waals surface area contributed by atoms with E-state index in [-0.39, 0.29) is 21.7 Å². The van der Waals surface area contributed by atoms with Crippen molar-refractivity contribution in [3.63, 3.8) is 0 Å². The Labute approximate surface area is 119 Å². The van der Waals surface area contributed by atoms with E-state index in [4.69, 9.17) is 23.2 Å². The van der Waals surface area contributed by atoms with Crippen molar-refractivity contribution in [1.82, 2.24) is 0 Å². The van der Waals surface area contributed by atoms with Crippen LogP contribution in [0.25, 0.3) is 0 Å². The highest BCUT2D eigenvalue weighted by Gasteiger charge is 2.19. The van der Waals surface area contributed by atoms with E-state index in [0.717, 1.165) is 12.1 Å². The van der Waals surface area contributed by atoms with Gasteiger partial charge in [-0.3, -0.25) is 0 Å². The van der Waals surface area contributed by atoms with Gasteiger partial charge < -0.3 is 5.11 Å². The molecule has 0 aliphatic rings. The topological polar surface area (TPSA) is 20.2 Å². The van der Waals surface area contributed by atoms with Crippen LogP contribution in [0, 0.1) is 18.6 Å². The van der Waals surface area contributed by atoms with Gasteiger partial charge in [-0.15, -0.1) is 0 Å². The molecule has 0 amide bonds. The lowest BCUT2D eigenvalue weighted by Gasteiger charge is -2.15. The summed E-state index contributed by atoms with van der Waals surface area (Å²) >= 11 is 11.7. The molecule has 1 N–H and O–H groups in total. The molecular formula is C14H10Cl2F2O. The molecule has 0 spiro atoms. The molecule has 0 aliphatic carbocycles. The Balaban J connectivity index is 2.49. The molecule has 1 atom stereocenters. The van der Waals surface area contributed by atoms with Crippen molar-refractivity contribution in [2.45, 2.75) is 13.0 Å². The summed E-state index contributed by atoms with van der Waals surface area (Å²) in [5, 5.41) is 10.7. The summed E-state index contributed by atoms with van der Waals surface area (Å²) in [6.45, 7) is 1.45. The van der Waals surface area contributed by atoms with Crippen LogP contribution in [0.1, 0.15) is 22.8 Å². The predicted octanol–water partition coefficient (Wildman–Crippen LogP) is 4.66. The highest BCUT2D eigenvalue weighted by Crippen LogP contribution is 2.32. The Morgan fingerprint density at radius 1 is 1.00 bits per heavy atom. The van der Waals surface area contributed by atoms with E-state index in [1.165, 1.54) is 25.1 Å². The van der Waals surface area contributed by atoms with Gasteiger partial charge in [0.1, 0.15) is 17.7 Å². The van der Waals surface area contributed by atoms with Gasteiger partial charge in [0.25, 0.3) is 0 Å². The van der Waals surface area contributed by atoms with E-state index >= 15 is 0 Å². The average Bonchev–Trinajstić information content (AvgIpc) is 2.33. The Hall–Kier alpha value is -1.16. The molecule has 100 valence electrons.